The third-order valence-corrected chi connectivity index (χ3v) is 4.26. The summed E-state index contributed by atoms with van der Waals surface area (Å²) in [5, 5.41) is 9.93. The maximum atomic E-state index is 12.7. The molecule has 6 heteroatoms. The molecule has 0 radical (unpaired) electrons. The van der Waals surface area contributed by atoms with Gasteiger partial charge in [-0.15, -0.1) is 0 Å². The van der Waals surface area contributed by atoms with Gasteiger partial charge < -0.3 is 15.0 Å². The molecule has 114 valence electrons. The average Bonchev–Trinajstić information content (AvgIpc) is 2.89. The molecule has 22 heavy (non-hydrogen) atoms. The van der Waals surface area contributed by atoms with Gasteiger partial charge in [0.15, 0.2) is 0 Å². The van der Waals surface area contributed by atoms with Crippen molar-refractivity contribution in [3.63, 3.8) is 0 Å². The largest absolute Gasteiger partial charge is 0.481 e. The van der Waals surface area contributed by atoms with E-state index in [1.54, 1.807) is 31.2 Å². The maximum Gasteiger partial charge on any atom is 0.311 e. The third-order valence-electron chi connectivity index (χ3n) is 4.26. The predicted octanol–water partition coefficient (Wildman–Crippen LogP) is 1.46. The number of hydrogen-bond donors (Lipinski definition) is 2. The van der Waals surface area contributed by atoms with Gasteiger partial charge in [-0.3, -0.25) is 14.4 Å². The van der Waals surface area contributed by atoms with Crippen molar-refractivity contribution in [2.24, 2.45) is 5.41 Å². The number of aliphatic carboxylic acids is 1. The van der Waals surface area contributed by atoms with Gasteiger partial charge in [0.05, 0.1) is 11.0 Å². The van der Waals surface area contributed by atoms with Crippen molar-refractivity contribution in [1.29, 1.82) is 0 Å². The van der Waals surface area contributed by atoms with E-state index < -0.39 is 11.4 Å². The topological polar surface area (TPSA) is 90.5 Å². The highest BCUT2D eigenvalue weighted by Crippen LogP contribution is 2.31. The Morgan fingerprint density at radius 3 is 2.73 bits per heavy atom. The number of carbonyl (C=O) groups excluding carboxylic acids is 1. The summed E-state index contributed by atoms with van der Waals surface area (Å²) in [4.78, 5) is 39.9. The van der Waals surface area contributed by atoms with Crippen LogP contribution < -0.4 is 5.56 Å². The zero-order valence-electron chi connectivity index (χ0n) is 12.1. The van der Waals surface area contributed by atoms with E-state index >= 15 is 0 Å². The number of H-pyrrole nitrogens is 1. The SMILES string of the molecule is C[C@@]1(C(=O)O)CCN(C(=O)c2cc(=O)[nH]c3ccccc23)C1. The highest BCUT2D eigenvalue weighted by molar-refractivity contribution is 6.06. The Balaban J connectivity index is 2.00. The Hall–Kier alpha value is -2.63. The van der Waals surface area contributed by atoms with Crippen molar-refractivity contribution in [3.05, 3.63) is 46.2 Å². The van der Waals surface area contributed by atoms with E-state index in [4.69, 9.17) is 0 Å². The molecule has 0 spiro atoms. The van der Waals surface area contributed by atoms with Crippen LogP contribution in [-0.4, -0.2) is 40.0 Å². The van der Waals surface area contributed by atoms with Crippen LogP contribution in [0.3, 0.4) is 0 Å². The van der Waals surface area contributed by atoms with E-state index in [2.05, 4.69) is 4.98 Å². The van der Waals surface area contributed by atoms with E-state index in [9.17, 15) is 19.5 Å². The molecule has 1 aromatic carbocycles. The van der Waals surface area contributed by atoms with Crippen molar-refractivity contribution in [2.75, 3.05) is 13.1 Å². The zero-order chi connectivity index (χ0) is 15.9. The summed E-state index contributed by atoms with van der Waals surface area (Å²) >= 11 is 0. The molecule has 0 unspecified atom stereocenters. The summed E-state index contributed by atoms with van der Waals surface area (Å²) < 4.78 is 0. The number of para-hydroxylation sites is 1. The number of benzene rings is 1. The van der Waals surface area contributed by atoms with Crippen LogP contribution in [0.5, 0.6) is 0 Å². The normalized spacial score (nSPS) is 21.2. The summed E-state index contributed by atoms with van der Waals surface area (Å²) in [6, 6.07) is 8.36. The summed E-state index contributed by atoms with van der Waals surface area (Å²) in [7, 11) is 0. The smallest absolute Gasteiger partial charge is 0.311 e. The Kier molecular flexibility index (Phi) is 3.24. The predicted molar refractivity (Wildman–Crippen MR) is 80.8 cm³/mol. The van der Waals surface area contributed by atoms with Crippen molar-refractivity contribution in [2.45, 2.75) is 13.3 Å². The fourth-order valence-corrected chi connectivity index (χ4v) is 2.86. The number of amides is 1. The van der Waals surface area contributed by atoms with E-state index in [0.717, 1.165) is 0 Å². The van der Waals surface area contributed by atoms with Gasteiger partial charge in [0.25, 0.3) is 5.91 Å². The third kappa shape index (κ3) is 2.26. The Morgan fingerprint density at radius 2 is 2.05 bits per heavy atom. The van der Waals surface area contributed by atoms with Gasteiger partial charge in [0.2, 0.25) is 5.56 Å². The first-order valence-corrected chi connectivity index (χ1v) is 7.05. The molecule has 2 aromatic rings. The first-order valence-electron chi connectivity index (χ1n) is 7.05. The summed E-state index contributed by atoms with van der Waals surface area (Å²) in [5.41, 5.74) is -0.359. The number of nitrogens with one attached hydrogen (secondary N) is 1. The fourth-order valence-electron chi connectivity index (χ4n) is 2.86. The van der Waals surface area contributed by atoms with Gasteiger partial charge in [-0.05, 0) is 19.4 Å². The van der Waals surface area contributed by atoms with Crippen LogP contribution in [0.2, 0.25) is 0 Å². The minimum atomic E-state index is -0.924. The second-order valence-corrected chi connectivity index (χ2v) is 5.94. The van der Waals surface area contributed by atoms with Crippen molar-refractivity contribution >= 4 is 22.8 Å². The lowest BCUT2D eigenvalue weighted by atomic mass is 9.90. The molecule has 1 aliphatic rings. The monoisotopic (exact) mass is 300 g/mol. The lowest BCUT2D eigenvalue weighted by molar-refractivity contribution is -0.147. The van der Waals surface area contributed by atoms with E-state index in [1.165, 1.54) is 11.0 Å². The Bertz CT molecular complexity index is 826. The van der Waals surface area contributed by atoms with Crippen LogP contribution in [0.15, 0.2) is 35.1 Å². The molecule has 0 saturated carbocycles. The summed E-state index contributed by atoms with van der Waals surface area (Å²) in [6.45, 7) is 2.17. The molecular weight excluding hydrogens is 284 g/mol. The first kappa shape index (κ1) is 14.3. The number of carboxylic acids is 1. The second-order valence-electron chi connectivity index (χ2n) is 5.94. The lowest BCUT2D eigenvalue weighted by Crippen LogP contribution is -2.35. The van der Waals surface area contributed by atoms with Gasteiger partial charge in [-0.25, -0.2) is 0 Å². The number of aromatic amines is 1. The molecule has 2 heterocycles. The lowest BCUT2D eigenvalue weighted by Gasteiger charge is -2.20. The summed E-state index contributed by atoms with van der Waals surface area (Å²) in [6.07, 6.45) is 0.412. The molecule has 6 nitrogen and oxygen atoms in total. The van der Waals surface area contributed by atoms with Crippen LogP contribution in [0.25, 0.3) is 10.9 Å². The van der Waals surface area contributed by atoms with Crippen LogP contribution in [0.1, 0.15) is 23.7 Å². The number of pyridine rings is 1. The number of nitrogens with zero attached hydrogens (tertiary/aromatic N) is 1. The molecule has 1 saturated heterocycles. The molecule has 0 bridgehead atoms. The first-order chi connectivity index (χ1) is 10.4. The standard InChI is InChI=1S/C16H16N2O4/c1-16(15(21)22)6-7-18(9-16)14(20)11-8-13(19)17-12-5-3-2-4-10(11)12/h2-5,8H,6-7,9H2,1H3,(H,17,19)(H,21,22)/t16-/m1/s1. The van der Waals surface area contributed by atoms with Crippen LogP contribution in [0, 0.1) is 5.41 Å². The number of fused-ring (bicyclic) bond motifs is 1. The van der Waals surface area contributed by atoms with Gasteiger partial charge in [0.1, 0.15) is 0 Å². The Morgan fingerprint density at radius 1 is 1.32 bits per heavy atom. The van der Waals surface area contributed by atoms with Crippen molar-refractivity contribution in [3.8, 4) is 0 Å². The Labute approximate surface area is 126 Å². The average molecular weight is 300 g/mol. The quantitative estimate of drug-likeness (QED) is 0.878. The summed E-state index contributed by atoms with van der Waals surface area (Å²) in [5.74, 6) is -1.20. The van der Waals surface area contributed by atoms with Gasteiger partial charge in [-0.2, -0.15) is 0 Å². The molecule has 2 N–H and O–H groups in total. The van der Waals surface area contributed by atoms with Crippen molar-refractivity contribution < 1.29 is 14.7 Å². The van der Waals surface area contributed by atoms with Crippen LogP contribution >= 0.6 is 0 Å². The molecule has 1 aliphatic heterocycles. The number of aromatic nitrogens is 1. The van der Waals surface area contributed by atoms with E-state index in [1.807, 2.05) is 0 Å². The van der Waals surface area contributed by atoms with Crippen LogP contribution in [0.4, 0.5) is 0 Å². The highest BCUT2D eigenvalue weighted by atomic mass is 16.4. The maximum absolute atomic E-state index is 12.7. The van der Waals surface area contributed by atoms with E-state index in [0.29, 0.717) is 29.4 Å². The highest BCUT2D eigenvalue weighted by Gasteiger charge is 2.42. The molecule has 1 atom stereocenters. The van der Waals surface area contributed by atoms with Crippen molar-refractivity contribution in [1.82, 2.24) is 9.88 Å². The number of hydrogen-bond acceptors (Lipinski definition) is 3. The number of rotatable bonds is 2. The van der Waals surface area contributed by atoms with E-state index in [-0.39, 0.29) is 18.0 Å². The second kappa shape index (κ2) is 4.98. The zero-order valence-corrected chi connectivity index (χ0v) is 12.1. The molecule has 1 fully saturated rings. The van der Waals surface area contributed by atoms with Gasteiger partial charge in [-0.1, -0.05) is 18.2 Å². The minimum absolute atomic E-state index is 0.155. The molecule has 0 aliphatic carbocycles. The number of carboxylic acid groups (broad SMARTS) is 1. The van der Waals surface area contributed by atoms with Crippen LogP contribution in [-0.2, 0) is 4.79 Å². The minimum Gasteiger partial charge on any atom is -0.481 e. The fraction of sp³-hybridized carbons (Fsp3) is 0.312. The van der Waals surface area contributed by atoms with Gasteiger partial charge in [0, 0.05) is 30.1 Å². The number of likely N-dealkylation sites (tertiary alicyclic amines) is 1. The van der Waals surface area contributed by atoms with Gasteiger partial charge >= 0.3 is 5.97 Å². The number of carbonyl (C=O) groups is 2. The molecule has 3 rings (SSSR count). The molecule has 1 aromatic heterocycles. The molecular formula is C16H16N2O4. The molecule has 1 amide bonds.